The lowest BCUT2D eigenvalue weighted by Gasteiger charge is -2.03. The van der Waals surface area contributed by atoms with Gasteiger partial charge in [-0.1, -0.05) is 11.3 Å². The quantitative estimate of drug-likeness (QED) is 0.802. The zero-order valence-corrected chi connectivity index (χ0v) is 8.31. The van der Waals surface area contributed by atoms with Gasteiger partial charge in [0.1, 0.15) is 5.82 Å². The molecule has 0 aliphatic rings. The van der Waals surface area contributed by atoms with Gasteiger partial charge in [0.15, 0.2) is 0 Å². The van der Waals surface area contributed by atoms with Gasteiger partial charge in [-0.25, -0.2) is 9.07 Å². The van der Waals surface area contributed by atoms with Crippen molar-refractivity contribution in [2.45, 2.75) is 13.5 Å². The molecule has 78 valence electrons. The van der Waals surface area contributed by atoms with Crippen LogP contribution < -0.4 is 5.73 Å². The molecule has 2 N–H and O–H groups in total. The third-order valence-electron chi connectivity index (χ3n) is 2.17. The summed E-state index contributed by atoms with van der Waals surface area (Å²) in [7, 11) is 0. The Balaban J connectivity index is 2.48. The Labute approximate surface area is 86.5 Å². The van der Waals surface area contributed by atoms with Crippen LogP contribution in [0.15, 0.2) is 24.4 Å². The Morgan fingerprint density at radius 1 is 1.47 bits per heavy atom. The Morgan fingerprint density at radius 3 is 2.93 bits per heavy atom. The molecule has 0 radical (unpaired) electrons. The van der Waals surface area contributed by atoms with Crippen LogP contribution in [0.2, 0.25) is 0 Å². The molecule has 5 heteroatoms. The number of nitrogens with two attached hydrogens (primary N) is 1. The van der Waals surface area contributed by atoms with Gasteiger partial charge in [0.2, 0.25) is 0 Å². The minimum atomic E-state index is -0.291. The van der Waals surface area contributed by atoms with Gasteiger partial charge in [0, 0.05) is 6.54 Å². The molecule has 2 rings (SSSR count). The fourth-order valence-corrected chi connectivity index (χ4v) is 1.34. The van der Waals surface area contributed by atoms with Crippen molar-refractivity contribution in [2.75, 3.05) is 0 Å². The molecule has 0 saturated heterocycles. The lowest BCUT2D eigenvalue weighted by Crippen LogP contribution is -1.98. The van der Waals surface area contributed by atoms with Crippen LogP contribution in [-0.4, -0.2) is 15.0 Å². The highest BCUT2D eigenvalue weighted by atomic mass is 19.1. The Hall–Kier alpha value is -1.75. The van der Waals surface area contributed by atoms with E-state index in [-0.39, 0.29) is 5.82 Å². The molecule has 0 bridgehead atoms. The molecule has 0 spiro atoms. The minimum absolute atomic E-state index is 0.291. The molecule has 2 aromatic rings. The average Bonchev–Trinajstić information content (AvgIpc) is 2.70. The minimum Gasteiger partial charge on any atom is -0.325 e. The van der Waals surface area contributed by atoms with Crippen molar-refractivity contribution in [3.63, 3.8) is 0 Å². The van der Waals surface area contributed by atoms with Crippen LogP contribution in [0.3, 0.4) is 0 Å². The SMILES string of the molecule is Cc1ccc(F)cc1-n1cc(CN)nn1. The largest absolute Gasteiger partial charge is 0.325 e. The Morgan fingerprint density at radius 2 is 2.27 bits per heavy atom. The monoisotopic (exact) mass is 206 g/mol. The zero-order chi connectivity index (χ0) is 10.8. The van der Waals surface area contributed by atoms with E-state index < -0.39 is 0 Å². The van der Waals surface area contributed by atoms with Crippen LogP contribution in [0, 0.1) is 12.7 Å². The number of halogens is 1. The number of aryl methyl sites for hydroxylation is 1. The van der Waals surface area contributed by atoms with Gasteiger partial charge < -0.3 is 5.73 Å². The van der Waals surface area contributed by atoms with E-state index in [1.54, 1.807) is 12.3 Å². The van der Waals surface area contributed by atoms with Gasteiger partial charge in [-0.2, -0.15) is 0 Å². The molecular weight excluding hydrogens is 195 g/mol. The first kappa shape index (κ1) is 9.79. The van der Waals surface area contributed by atoms with Crippen molar-refractivity contribution in [3.05, 3.63) is 41.5 Å². The average molecular weight is 206 g/mol. The van der Waals surface area contributed by atoms with Crippen LogP contribution in [0.5, 0.6) is 0 Å². The summed E-state index contributed by atoms with van der Waals surface area (Å²) < 4.78 is 14.6. The standard InChI is InChI=1S/C10H11FN4/c1-7-2-3-8(11)4-10(7)15-6-9(5-12)13-14-15/h2-4,6H,5,12H2,1H3. The summed E-state index contributed by atoms with van der Waals surface area (Å²) in [5, 5.41) is 7.73. The van der Waals surface area contributed by atoms with Gasteiger partial charge in [0.05, 0.1) is 17.6 Å². The maximum absolute atomic E-state index is 13.0. The van der Waals surface area contributed by atoms with E-state index in [0.717, 1.165) is 5.56 Å². The maximum atomic E-state index is 13.0. The topological polar surface area (TPSA) is 56.7 Å². The number of hydrogen-bond acceptors (Lipinski definition) is 3. The summed E-state index contributed by atoms with van der Waals surface area (Å²) in [6, 6.07) is 4.54. The summed E-state index contributed by atoms with van der Waals surface area (Å²) in [5.41, 5.74) is 7.72. The second-order valence-corrected chi connectivity index (χ2v) is 3.29. The molecule has 0 fully saturated rings. The Kier molecular flexibility index (Phi) is 2.47. The van der Waals surface area contributed by atoms with E-state index in [0.29, 0.717) is 17.9 Å². The van der Waals surface area contributed by atoms with Crippen molar-refractivity contribution >= 4 is 0 Å². The number of rotatable bonds is 2. The second kappa shape index (κ2) is 3.78. The Bertz CT molecular complexity index is 478. The fraction of sp³-hybridized carbons (Fsp3) is 0.200. The van der Waals surface area contributed by atoms with Gasteiger partial charge in [-0.05, 0) is 24.6 Å². The molecule has 0 amide bonds. The predicted molar refractivity (Wildman–Crippen MR) is 53.9 cm³/mol. The van der Waals surface area contributed by atoms with Crippen molar-refractivity contribution in [3.8, 4) is 5.69 Å². The number of benzene rings is 1. The fourth-order valence-electron chi connectivity index (χ4n) is 1.34. The summed E-state index contributed by atoms with van der Waals surface area (Å²) in [4.78, 5) is 0. The first-order chi connectivity index (χ1) is 7.20. The van der Waals surface area contributed by atoms with Crippen molar-refractivity contribution in [1.29, 1.82) is 0 Å². The van der Waals surface area contributed by atoms with E-state index in [1.807, 2.05) is 6.92 Å². The van der Waals surface area contributed by atoms with Crippen molar-refractivity contribution in [1.82, 2.24) is 15.0 Å². The molecule has 0 unspecified atom stereocenters. The van der Waals surface area contributed by atoms with Gasteiger partial charge in [0.25, 0.3) is 0 Å². The number of hydrogen-bond donors (Lipinski definition) is 1. The summed E-state index contributed by atoms with van der Waals surface area (Å²) in [6.45, 7) is 2.22. The van der Waals surface area contributed by atoms with E-state index in [4.69, 9.17) is 5.73 Å². The molecule has 0 aliphatic heterocycles. The summed E-state index contributed by atoms with van der Waals surface area (Å²) in [5.74, 6) is -0.291. The number of nitrogens with zero attached hydrogens (tertiary/aromatic N) is 3. The van der Waals surface area contributed by atoms with E-state index >= 15 is 0 Å². The molecular formula is C10H11FN4. The molecule has 0 aliphatic carbocycles. The van der Waals surface area contributed by atoms with Crippen LogP contribution in [0.25, 0.3) is 5.69 Å². The normalized spacial score (nSPS) is 10.6. The molecule has 1 heterocycles. The molecule has 0 saturated carbocycles. The lowest BCUT2D eigenvalue weighted by atomic mass is 10.2. The van der Waals surface area contributed by atoms with Crippen LogP contribution in [-0.2, 0) is 6.54 Å². The molecule has 0 atom stereocenters. The van der Waals surface area contributed by atoms with Crippen LogP contribution >= 0.6 is 0 Å². The lowest BCUT2D eigenvalue weighted by molar-refractivity contribution is 0.624. The second-order valence-electron chi connectivity index (χ2n) is 3.29. The van der Waals surface area contributed by atoms with E-state index in [2.05, 4.69) is 10.3 Å². The zero-order valence-electron chi connectivity index (χ0n) is 8.31. The van der Waals surface area contributed by atoms with E-state index in [9.17, 15) is 4.39 Å². The van der Waals surface area contributed by atoms with Gasteiger partial charge >= 0.3 is 0 Å². The first-order valence-corrected chi connectivity index (χ1v) is 4.58. The predicted octanol–water partition coefficient (Wildman–Crippen LogP) is 1.17. The van der Waals surface area contributed by atoms with E-state index in [1.165, 1.54) is 16.8 Å². The molecule has 1 aromatic carbocycles. The van der Waals surface area contributed by atoms with Crippen LogP contribution in [0.1, 0.15) is 11.3 Å². The maximum Gasteiger partial charge on any atom is 0.125 e. The summed E-state index contributed by atoms with van der Waals surface area (Å²) in [6.07, 6.45) is 1.70. The molecule has 1 aromatic heterocycles. The smallest absolute Gasteiger partial charge is 0.125 e. The highest BCUT2D eigenvalue weighted by Gasteiger charge is 2.05. The van der Waals surface area contributed by atoms with Crippen molar-refractivity contribution in [2.24, 2.45) is 5.73 Å². The third kappa shape index (κ3) is 1.87. The highest BCUT2D eigenvalue weighted by Crippen LogP contribution is 2.14. The van der Waals surface area contributed by atoms with Crippen molar-refractivity contribution < 1.29 is 4.39 Å². The van der Waals surface area contributed by atoms with Crippen LogP contribution in [0.4, 0.5) is 4.39 Å². The molecule has 15 heavy (non-hydrogen) atoms. The van der Waals surface area contributed by atoms with Gasteiger partial charge in [-0.15, -0.1) is 5.10 Å². The summed E-state index contributed by atoms with van der Waals surface area (Å²) >= 11 is 0. The first-order valence-electron chi connectivity index (χ1n) is 4.58. The van der Waals surface area contributed by atoms with Gasteiger partial charge in [-0.3, -0.25) is 0 Å². The molecule has 4 nitrogen and oxygen atoms in total. The third-order valence-corrected chi connectivity index (χ3v) is 2.17. The highest BCUT2D eigenvalue weighted by molar-refractivity contribution is 5.39. The number of aromatic nitrogens is 3.